The van der Waals surface area contributed by atoms with Crippen LogP contribution in [0.1, 0.15) is 290 Å². The van der Waals surface area contributed by atoms with Crippen molar-refractivity contribution in [3.05, 3.63) is 12.2 Å². The summed E-state index contributed by atoms with van der Waals surface area (Å²) in [6, 6.07) is -1.17. The van der Waals surface area contributed by atoms with Crippen molar-refractivity contribution >= 4 is 5.91 Å². The lowest BCUT2D eigenvalue weighted by Crippen LogP contribution is -2.60. The first-order chi connectivity index (χ1) is 34.2. The average molecular weight is 999 g/mol. The predicted octanol–water partition coefficient (Wildman–Crippen LogP) is 12.7. The van der Waals surface area contributed by atoms with Crippen LogP contribution in [-0.4, -0.2) is 110 Å². The zero-order valence-electron chi connectivity index (χ0n) is 45.5. The fraction of sp³-hybridized carbons (Fsp3) is 0.949. The zero-order chi connectivity index (χ0) is 51.1. The molecule has 1 rings (SSSR count). The lowest BCUT2D eigenvalue weighted by molar-refractivity contribution is -0.303. The molecular formula is C59H115NO10. The minimum atomic E-state index is -1.66. The SMILES string of the molecule is CCCCCCCCCCCCCC/C=C\CCCCCCCCCCCCCCC(O)C(=O)NC(COC1OC(CO)C(O)C(O)C1O)C(O)C(O)CCCCCCCCCCCCCCCCC. The molecule has 1 heterocycles. The van der Waals surface area contributed by atoms with Crippen molar-refractivity contribution in [3.8, 4) is 0 Å². The summed E-state index contributed by atoms with van der Waals surface area (Å²) in [5.41, 5.74) is 0. The number of rotatable bonds is 52. The van der Waals surface area contributed by atoms with E-state index in [2.05, 4.69) is 31.3 Å². The third-order valence-electron chi connectivity index (χ3n) is 14.8. The fourth-order valence-electron chi connectivity index (χ4n) is 9.91. The molecule has 1 amide bonds. The van der Waals surface area contributed by atoms with Crippen molar-refractivity contribution in [2.45, 2.75) is 345 Å². The van der Waals surface area contributed by atoms with E-state index >= 15 is 0 Å². The Kier molecular flexibility index (Phi) is 46.6. The second kappa shape index (κ2) is 48.8. The van der Waals surface area contributed by atoms with Gasteiger partial charge < -0.3 is 50.5 Å². The first-order valence-corrected chi connectivity index (χ1v) is 30.1. The molecule has 416 valence electrons. The van der Waals surface area contributed by atoms with Gasteiger partial charge in [-0.1, -0.05) is 264 Å². The summed E-state index contributed by atoms with van der Waals surface area (Å²) in [4.78, 5) is 13.2. The molecule has 8 N–H and O–H groups in total. The Hall–Kier alpha value is -1.15. The van der Waals surface area contributed by atoms with Gasteiger partial charge >= 0.3 is 0 Å². The molecule has 1 fully saturated rings. The van der Waals surface area contributed by atoms with Gasteiger partial charge in [0, 0.05) is 0 Å². The summed E-state index contributed by atoms with van der Waals surface area (Å²) in [5, 5.41) is 76.1. The Morgan fingerprint density at radius 1 is 0.486 bits per heavy atom. The van der Waals surface area contributed by atoms with Crippen LogP contribution < -0.4 is 5.32 Å². The Bertz CT molecular complexity index is 1140. The molecule has 9 atom stereocenters. The van der Waals surface area contributed by atoms with Gasteiger partial charge in [-0.15, -0.1) is 0 Å². The molecule has 1 aliphatic heterocycles. The van der Waals surface area contributed by atoms with Crippen LogP contribution in [0.3, 0.4) is 0 Å². The Balaban J connectivity index is 2.24. The molecule has 0 aromatic heterocycles. The number of aliphatic hydroxyl groups is 7. The van der Waals surface area contributed by atoms with Crippen molar-refractivity contribution in [1.82, 2.24) is 5.32 Å². The van der Waals surface area contributed by atoms with E-state index in [1.807, 2.05) is 0 Å². The van der Waals surface area contributed by atoms with Gasteiger partial charge in [-0.05, 0) is 38.5 Å². The third kappa shape index (κ3) is 36.7. The van der Waals surface area contributed by atoms with Crippen molar-refractivity contribution in [2.24, 2.45) is 0 Å². The largest absolute Gasteiger partial charge is 0.394 e. The van der Waals surface area contributed by atoms with Crippen molar-refractivity contribution < 1.29 is 50.0 Å². The number of allylic oxidation sites excluding steroid dienone is 2. The van der Waals surface area contributed by atoms with Crippen molar-refractivity contribution in [1.29, 1.82) is 0 Å². The Labute approximate surface area is 430 Å². The standard InChI is InChI=1S/C59H115NO10/c1-3-5-7-9-11-13-15-17-19-20-21-22-23-24-25-26-27-28-29-30-31-33-35-37-39-41-43-45-47-52(63)58(68)60-50(49-69-59-57(67)56(66)55(65)53(48-61)70-59)54(64)51(62)46-44-42-40-38-36-34-32-18-16-14-12-10-8-6-4-2/h24-25,50-57,59,61-67H,3-23,26-49H2,1-2H3,(H,60,68)/b25-24-. The maximum Gasteiger partial charge on any atom is 0.249 e. The molecule has 11 heteroatoms. The molecule has 0 aromatic rings. The second-order valence-corrected chi connectivity index (χ2v) is 21.4. The molecule has 0 bridgehead atoms. The lowest BCUT2D eigenvalue weighted by Gasteiger charge is -2.40. The van der Waals surface area contributed by atoms with Crippen LogP contribution in [0.4, 0.5) is 0 Å². The van der Waals surface area contributed by atoms with Crippen LogP contribution in [0.15, 0.2) is 12.2 Å². The number of amides is 1. The Morgan fingerprint density at radius 3 is 1.20 bits per heavy atom. The Morgan fingerprint density at radius 2 is 0.829 bits per heavy atom. The molecule has 0 aliphatic carbocycles. The van der Waals surface area contributed by atoms with Gasteiger partial charge in [0.2, 0.25) is 5.91 Å². The number of carbonyl (C=O) groups excluding carboxylic acids is 1. The first-order valence-electron chi connectivity index (χ1n) is 30.1. The number of ether oxygens (including phenoxy) is 2. The minimum Gasteiger partial charge on any atom is -0.394 e. The molecule has 1 aliphatic rings. The molecular weight excluding hydrogens is 883 g/mol. The van der Waals surface area contributed by atoms with E-state index in [1.54, 1.807) is 0 Å². The van der Waals surface area contributed by atoms with Crippen LogP contribution in [0.5, 0.6) is 0 Å². The number of carbonyl (C=O) groups is 1. The molecule has 0 aromatic carbocycles. The van der Waals surface area contributed by atoms with E-state index in [0.29, 0.717) is 19.3 Å². The quantitative estimate of drug-likeness (QED) is 0.0215. The minimum absolute atomic E-state index is 0.263. The summed E-state index contributed by atoms with van der Waals surface area (Å²) in [7, 11) is 0. The fourth-order valence-corrected chi connectivity index (χ4v) is 9.91. The van der Waals surface area contributed by atoms with Gasteiger partial charge in [0.1, 0.15) is 36.6 Å². The van der Waals surface area contributed by atoms with Gasteiger partial charge in [0.15, 0.2) is 6.29 Å². The molecule has 1 saturated heterocycles. The van der Waals surface area contributed by atoms with Crippen LogP contribution in [0, 0.1) is 0 Å². The number of aliphatic hydroxyl groups excluding tert-OH is 7. The molecule has 0 spiro atoms. The molecule has 9 unspecified atom stereocenters. The van der Waals surface area contributed by atoms with Gasteiger partial charge in [-0.25, -0.2) is 0 Å². The first kappa shape index (κ1) is 66.9. The summed E-state index contributed by atoms with van der Waals surface area (Å²) in [6.07, 6.45) is 45.6. The summed E-state index contributed by atoms with van der Waals surface area (Å²) in [6.45, 7) is 3.49. The van der Waals surface area contributed by atoms with Crippen molar-refractivity contribution in [3.63, 3.8) is 0 Å². The van der Waals surface area contributed by atoms with Crippen LogP contribution in [0.2, 0.25) is 0 Å². The molecule has 70 heavy (non-hydrogen) atoms. The zero-order valence-corrected chi connectivity index (χ0v) is 45.5. The van der Waals surface area contributed by atoms with E-state index in [0.717, 1.165) is 38.5 Å². The van der Waals surface area contributed by atoms with Crippen LogP contribution >= 0.6 is 0 Å². The molecule has 0 saturated carbocycles. The smallest absolute Gasteiger partial charge is 0.249 e. The topological polar surface area (TPSA) is 189 Å². The van der Waals surface area contributed by atoms with Crippen LogP contribution in [0.25, 0.3) is 0 Å². The number of unbranched alkanes of at least 4 members (excludes halogenated alkanes) is 38. The maximum absolute atomic E-state index is 13.2. The normalized spacial score (nSPS) is 20.3. The van der Waals surface area contributed by atoms with Gasteiger partial charge in [-0.2, -0.15) is 0 Å². The highest BCUT2D eigenvalue weighted by molar-refractivity contribution is 5.80. The lowest BCUT2D eigenvalue weighted by atomic mass is 9.98. The number of hydrogen-bond donors (Lipinski definition) is 8. The number of nitrogens with one attached hydrogen (secondary N) is 1. The average Bonchev–Trinajstić information content (AvgIpc) is 3.36. The van der Waals surface area contributed by atoms with E-state index in [4.69, 9.17) is 9.47 Å². The van der Waals surface area contributed by atoms with Crippen molar-refractivity contribution in [2.75, 3.05) is 13.2 Å². The second-order valence-electron chi connectivity index (χ2n) is 21.4. The van der Waals surface area contributed by atoms with E-state index in [9.17, 15) is 40.5 Å². The van der Waals surface area contributed by atoms with Gasteiger partial charge in [0.05, 0.1) is 25.4 Å². The van der Waals surface area contributed by atoms with Crippen LogP contribution in [-0.2, 0) is 14.3 Å². The molecule has 0 radical (unpaired) electrons. The molecule has 11 nitrogen and oxygen atoms in total. The maximum atomic E-state index is 13.2. The van der Waals surface area contributed by atoms with E-state index in [1.165, 1.54) is 212 Å². The summed E-state index contributed by atoms with van der Waals surface area (Å²) >= 11 is 0. The monoisotopic (exact) mass is 998 g/mol. The summed E-state index contributed by atoms with van der Waals surface area (Å²) in [5.74, 6) is -0.692. The highest BCUT2D eigenvalue weighted by atomic mass is 16.7. The number of hydrogen-bond acceptors (Lipinski definition) is 10. The predicted molar refractivity (Wildman–Crippen MR) is 289 cm³/mol. The van der Waals surface area contributed by atoms with Gasteiger partial charge in [0.25, 0.3) is 0 Å². The highest BCUT2D eigenvalue weighted by Gasteiger charge is 2.44. The van der Waals surface area contributed by atoms with Gasteiger partial charge in [-0.3, -0.25) is 4.79 Å². The van der Waals surface area contributed by atoms with E-state index < -0.39 is 74.2 Å². The third-order valence-corrected chi connectivity index (χ3v) is 14.8. The van der Waals surface area contributed by atoms with E-state index in [-0.39, 0.29) is 6.42 Å². The highest BCUT2D eigenvalue weighted by Crippen LogP contribution is 2.24. The summed E-state index contributed by atoms with van der Waals surface area (Å²) < 4.78 is 11.1.